The molecule has 0 bridgehead atoms. The van der Waals surface area contributed by atoms with Crippen LogP contribution in [0, 0.1) is 0 Å². The normalized spacial score (nSPS) is 16.0. The van der Waals surface area contributed by atoms with Gasteiger partial charge in [-0.2, -0.15) is 0 Å². The summed E-state index contributed by atoms with van der Waals surface area (Å²) in [4.78, 5) is 23.7. The maximum absolute atomic E-state index is 12.7. The number of aliphatic carboxylic acids is 1. The van der Waals surface area contributed by atoms with Gasteiger partial charge >= 0.3 is 5.97 Å². The molecule has 1 aliphatic carbocycles. The Morgan fingerprint density at radius 1 is 1.23 bits per heavy atom. The zero-order valence-electron chi connectivity index (χ0n) is 11.9. The second kappa shape index (κ2) is 5.72. The molecule has 0 atom stereocenters. The van der Waals surface area contributed by atoms with E-state index in [1.807, 2.05) is 30.3 Å². The Balaban J connectivity index is 1.94. The van der Waals surface area contributed by atoms with Gasteiger partial charge in [0.05, 0.1) is 12.0 Å². The van der Waals surface area contributed by atoms with Gasteiger partial charge in [0.15, 0.2) is 0 Å². The summed E-state index contributed by atoms with van der Waals surface area (Å²) in [6.07, 6.45) is 2.37. The molecule has 1 aliphatic rings. The molecule has 22 heavy (non-hydrogen) atoms. The number of carboxylic acids is 1. The highest BCUT2D eigenvalue weighted by Gasteiger charge is 2.40. The molecule has 2 aromatic carbocycles. The van der Waals surface area contributed by atoms with E-state index in [9.17, 15) is 9.59 Å². The van der Waals surface area contributed by atoms with Crippen molar-refractivity contribution >= 4 is 38.6 Å². The first-order chi connectivity index (χ1) is 10.5. The summed E-state index contributed by atoms with van der Waals surface area (Å²) in [7, 11) is 0. The Hall–Kier alpha value is -1.88. The fourth-order valence-corrected chi connectivity index (χ4v) is 3.48. The molecule has 114 valence electrons. The van der Waals surface area contributed by atoms with E-state index in [0.717, 1.165) is 34.5 Å². The molecule has 0 spiro atoms. The van der Waals surface area contributed by atoms with Gasteiger partial charge in [0.1, 0.15) is 0 Å². The van der Waals surface area contributed by atoms with Crippen LogP contribution in [0.2, 0.25) is 0 Å². The standard InChI is InChI=1S/C17H16BrNO3/c18-12-8-11-4-1-2-5-13(11)14(9-12)16(22)19-17(6-3-7-17)10-15(20)21/h1-2,4-5,8-9H,3,6-7,10H2,(H,19,22)(H,20,21). The summed E-state index contributed by atoms with van der Waals surface area (Å²) >= 11 is 3.43. The molecule has 3 rings (SSSR count). The van der Waals surface area contributed by atoms with Crippen molar-refractivity contribution in [3.8, 4) is 0 Å². The summed E-state index contributed by atoms with van der Waals surface area (Å²) in [6.45, 7) is 0. The van der Waals surface area contributed by atoms with Gasteiger partial charge in [0.2, 0.25) is 0 Å². The minimum absolute atomic E-state index is 0.0231. The Bertz CT molecular complexity index is 753. The first-order valence-electron chi connectivity index (χ1n) is 7.22. The van der Waals surface area contributed by atoms with Crippen LogP contribution in [0.25, 0.3) is 10.8 Å². The highest BCUT2D eigenvalue weighted by Crippen LogP contribution is 2.35. The van der Waals surface area contributed by atoms with Crippen LogP contribution in [0.15, 0.2) is 40.9 Å². The van der Waals surface area contributed by atoms with Crippen molar-refractivity contribution in [3.05, 3.63) is 46.4 Å². The highest BCUT2D eigenvalue weighted by molar-refractivity contribution is 9.10. The van der Waals surface area contributed by atoms with E-state index in [1.165, 1.54) is 0 Å². The summed E-state index contributed by atoms with van der Waals surface area (Å²) in [6, 6.07) is 11.4. The average molecular weight is 362 g/mol. The minimum atomic E-state index is -0.876. The van der Waals surface area contributed by atoms with E-state index < -0.39 is 11.5 Å². The van der Waals surface area contributed by atoms with Gasteiger partial charge in [-0.3, -0.25) is 9.59 Å². The molecule has 4 nitrogen and oxygen atoms in total. The maximum Gasteiger partial charge on any atom is 0.305 e. The lowest BCUT2D eigenvalue weighted by molar-refractivity contribution is -0.139. The third-order valence-electron chi connectivity index (χ3n) is 4.25. The third kappa shape index (κ3) is 2.86. The Morgan fingerprint density at radius 3 is 2.59 bits per heavy atom. The van der Waals surface area contributed by atoms with E-state index in [-0.39, 0.29) is 12.3 Å². The summed E-state index contributed by atoms with van der Waals surface area (Å²) < 4.78 is 0.831. The SMILES string of the molecule is O=C(O)CC1(NC(=O)c2cc(Br)cc3ccccc23)CCC1. The predicted molar refractivity (Wildman–Crippen MR) is 87.9 cm³/mol. The topological polar surface area (TPSA) is 66.4 Å². The van der Waals surface area contributed by atoms with Crippen molar-refractivity contribution in [3.63, 3.8) is 0 Å². The lowest BCUT2D eigenvalue weighted by atomic mass is 9.74. The third-order valence-corrected chi connectivity index (χ3v) is 4.71. The van der Waals surface area contributed by atoms with Crippen LogP contribution in [-0.4, -0.2) is 22.5 Å². The number of carboxylic acid groups (broad SMARTS) is 1. The number of halogens is 1. The molecular formula is C17H16BrNO3. The van der Waals surface area contributed by atoms with Gasteiger partial charge in [-0.25, -0.2) is 0 Å². The molecule has 0 saturated heterocycles. The number of benzene rings is 2. The molecule has 2 N–H and O–H groups in total. The predicted octanol–water partition coefficient (Wildman–Crippen LogP) is 3.73. The molecule has 1 saturated carbocycles. The van der Waals surface area contributed by atoms with Crippen LogP contribution < -0.4 is 5.32 Å². The lowest BCUT2D eigenvalue weighted by Crippen LogP contribution is -2.54. The number of carbonyl (C=O) groups excluding carboxylic acids is 1. The summed E-state index contributed by atoms with van der Waals surface area (Å²) in [5.74, 6) is -1.09. The lowest BCUT2D eigenvalue weighted by Gasteiger charge is -2.41. The molecule has 0 radical (unpaired) electrons. The summed E-state index contributed by atoms with van der Waals surface area (Å²) in [5, 5.41) is 13.9. The van der Waals surface area contributed by atoms with Crippen LogP contribution in [0.1, 0.15) is 36.0 Å². The van der Waals surface area contributed by atoms with Gasteiger partial charge in [0, 0.05) is 10.0 Å². The number of hydrogen-bond acceptors (Lipinski definition) is 2. The van der Waals surface area contributed by atoms with E-state index in [2.05, 4.69) is 21.2 Å². The molecule has 0 aliphatic heterocycles. The molecule has 5 heteroatoms. The number of fused-ring (bicyclic) bond motifs is 1. The maximum atomic E-state index is 12.7. The van der Waals surface area contributed by atoms with E-state index in [1.54, 1.807) is 6.07 Å². The van der Waals surface area contributed by atoms with Crippen molar-refractivity contribution in [1.29, 1.82) is 0 Å². The first-order valence-corrected chi connectivity index (χ1v) is 8.01. The molecule has 1 fully saturated rings. The summed E-state index contributed by atoms with van der Waals surface area (Å²) in [5.41, 5.74) is -0.0200. The largest absolute Gasteiger partial charge is 0.481 e. The fraction of sp³-hybridized carbons (Fsp3) is 0.294. The quantitative estimate of drug-likeness (QED) is 0.871. The second-order valence-corrected chi connectivity index (χ2v) is 6.75. The molecule has 0 unspecified atom stereocenters. The van der Waals surface area contributed by atoms with Crippen LogP contribution in [0.5, 0.6) is 0 Å². The van der Waals surface area contributed by atoms with Crippen LogP contribution in [-0.2, 0) is 4.79 Å². The molecular weight excluding hydrogens is 346 g/mol. The number of rotatable bonds is 4. The van der Waals surface area contributed by atoms with Crippen LogP contribution in [0.4, 0.5) is 0 Å². The van der Waals surface area contributed by atoms with Gasteiger partial charge in [-0.05, 0) is 42.2 Å². The van der Waals surface area contributed by atoms with Gasteiger partial charge in [-0.15, -0.1) is 0 Å². The van der Waals surface area contributed by atoms with Crippen molar-refractivity contribution in [2.75, 3.05) is 0 Å². The smallest absolute Gasteiger partial charge is 0.305 e. The number of nitrogens with one attached hydrogen (secondary N) is 1. The van der Waals surface area contributed by atoms with E-state index in [4.69, 9.17) is 5.11 Å². The Labute approximate surface area is 136 Å². The van der Waals surface area contributed by atoms with Gasteiger partial charge in [-0.1, -0.05) is 40.2 Å². The number of carbonyl (C=O) groups is 2. The molecule has 1 amide bonds. The fourth-order valence-electron chi connectivity index (χ4n) is 3.01. The van der Waals surface area contributed by atoms with Gasteiger partial charge < -0.3 is 10.4 Å². The Kier molecular flexibility index (Phi) is 3.91. The minimum Gasteiger partial charge on any atom is -0.481 e. The number of amides is 1. The molecule has 0 aromatic heterocycles. The van der Waals surface area contributed by atoms with Crippen LogP contribution in [0.3, 0.4) is 0 Å². The zero-order valence-corrected chi connectivity index (χ0v) is 13.5. The average Bonchev–Trinajstić information content (AvgIpc) is 2.43. The first kappa shape index (κ1) is 15.0. The molecule has 2 aromatic rings. The second-order valence-electron chi connectivity index (χ2n) is 5.83. The van der Waals surface area contributed by atoms with Crippen molar-refractivity contribution in [1.82, 2.24) is 5.32 Å². The zero-order chi connectivity index (χ0) is 15.7. The van der Waals surface area contributed by atoms with Crippen LogP contribution >= 0.6 is 15.9 Å². The van der Waals surface area contributed by atoms with E-state index >= 15 is 0 Å². The van der Waals surface area contributed by atoms with E-state index in [0.29, 0.717) is 5.56 Å². The van der Waals surface area contributed by atoms with Gasteiger partial charge in [0.25, 0.3) is 5.91 Å². The highest BCUT2D eigenvalue weighted by atomic mass is 79.9. The van der Waals surface area contributed by atoms with Crippen molar-refractivity contribution in [2.24, 2.45) is 0 Å². The Morgan fingerprint density at radius 2 is 1.95 bits per heavy atom. The number of hydrogen-bond donors (Lipinski definition) is 2. The van der Waals surface area contributed by atoms with Crippen molar-refractivity contribution < 1.29 is 14.7 Å². The molecule has 0 heterocycles. The monoisotopic (exact) mass is 361 g/mol. The van der Waals surface area contributed by atoms with Crippen molar-refractivity contribution in [2.45, 2.75) is 31.2 Å².